The van der Waals surface area contributed by atoms with Crippen LogP contribution in [0.15, 0.2) is 16.4 Å². The van der Waals surface area contributed by atoms with Crippen molar-refractivity contribution in [3.05, 3.63) is 11.3 Å². The van der Waals surface area contributed by atoms with Gasteiger partial charge in [0.1, 0.15) is 17.1 Å². The number of thioether (sulfide) groups is 2. The van der Waals surface area contributed by atoms with E-state index in [1.165, 1.54) is 35.5 Å². The van der Waals surface area contributed by atoms with E-state index in [0.717, 1.165) is 0 Å². The highest BCUT2D eigenvalue weighted by Crippen LogP contribution is 2.42. The zero-order valence-corrected chi connectivity index (χ0v) is 13.6. The Morgan fingerprint density at radius 3 is 3.09 bits per heavy atom. The molecule has 0 radical (unpaired) electrons. The topological polar surface area (TPSA) is 147 Å². The van der Waals surface area contributed by atoms with Gasteiger partial charge in [-0.2, -0.15) is 5.21 Å². The first-order valence-corrected chi connectivity index (χ1v) is 8.53. The standard InChI is InChI=1S/C11H14N6O4S2/c1-21-2-5(23-11-13-15-16-14-11)4-3-22-9-6(12)8(18)17(9)7(4)10(19)20/h5-6,9H,2-3,12H2,1H3,(H,19,20)(H,13,14,15,16). The molecule has 10 nitrogen and oxygen atoms in total. The number of H-pyrrole nitrogens is 1. The Bertz CT molecular complexity index is 651. The number of nitrogens with two attached hydrogens (primary N) is 1. The van der Waals surface area contributed by atoms with Gasteiger partial charge in [0.25, 0.3) is 0 Å². The van der Waals surface area contributed by atoms with Gasteiger partial charge in [-0.3, -0.25) is 9.69 Å². The van der Waals surface area contributed by atoms with Crippen LogP contribution in [0.5, 0.6) is 0 Å². The molecular weight excluding hydrogens is 344 g/mol. The molecule has 12 heteroatoms. The summed E-state index contributed by atoms with van der Waals surface area (Å²) in [5, 5.41) is 22.8. The Kier molecular flexibility index (Phi) is 4.57. The number of hydrogen-bond donors (Lipinski definition) is 3. The van der Waals surface area contributed by atoms with Gasteiger partial charge in [0.05, 0.1) is 11.9 Å². The number of methoxy groups -OCH3 is 1. The largest absolute Gasteiger partial charge is 0.477 e. The Morgan fingerprint density at radius 1 is 1.70 bits per heavy atom. The number of aromatic amines is 1. The third kappa shape index (κ3) is 2.82. The summed E-state index contributed by atoms with van der Waals surface area (Å²) < 4.78 is 5.19. The van der Waals surface area contributed by atoms with E-state index >= 15 is 0 Å². The molecule has 3 heterocycles. The summed E-state index contributed by atoms with van der Waals surface area (Å²) in [6.45, 7) is 0.255. The molecule has 1 aromatic rings. The Balaban J connectivity index is 1.95. The molecule has 23 heavy (non-hydrogen) atoms. The lowest BCUT2D eigenvalue weighted by atomic mass is 10.0. The molecule has 0 spiro atoms. The first kappa shape index (κ1) is 16.2. The fourth-order valence-electron chi connectivity index (χ4n) is 2.47. The van der Waals surface area contributed by atoms with Gasteiger partial charge in [0.15, 0.2) is 0 Å². The van der Waals surface area contributed by atoms with Crippen molar-refractivity contribution in [2.24, 2.45) is 5.73 Å². The van der Waals surface area contributed by atoms with Gasteiger partial charge in [-0.15, -0.1) is 22.0 Å². The molecule has 3 atom stereocenters. The van der Waals surface area contributed by atoms with E-state index in [9.17, 15) is 14.7 Å². The minimum atomic E-state index is -1.15. The molecule has 2 aliphatic heterocycles. The van der Waals surface area contributed by atoms with Crippen molar-refractivity contribution >= 4 is 35.4 Å². The van der Waals surface area contributed by atoms with E-state index in [-0.39, 0.29) is 28.8 Å². The molecule has 0 bridgehead atoms. The third-order valence-corrected chi connectivity index (χ3v) is 5.93. The number of tetrazole rings is 1. The molecule has 1 fully saturated rings. The lowest BCUT2D eigenvalue weighted by Crippen LogP contribution is -2.68. The van der Waals surface area contributed by atoms with Gasteiger partial charge >= 0.3 is 5.97 Å². The van der Waals surface area contributed by atoms with Gasteiger partial charge in [-0.05, 0) is 10.8 Å². The molecule has 1 saturated heterocycles. The number of carboxylic acid groups (broad SMARTS) is 1. The number of amides is 1. The van der Waals surface area contributed by atoms with Crippen LogP contribution < -0.4 is 5.73 Å². The first-order chi connectivity index (χ1) is 11.0. The second-order valence-corrected chi connectivity index (χ2v) is 7.15. The predicted octanol–water partition coefficient (Wildman–Crippen LogP) is -1.11. The van der Waals surface area contributed by atoms with Crippen LogP contribution in [-0.4, -0.2) is 78.6 Å². The number of fused-ring (bicyclic) bond motifs is 1. The number of hydrogen-bond acceptors (Lipinski definition) is 9. The number of ether oxygens (including phenoxy) is 1. The van der Waals surface area contributed by atoms with Gasteiger partial charge in [0.2, 0.25) is 11.1 Å². The monoisotopic (exact) mass is 358 g/mol. The lowest BCUT2D eigenvalue weighted by Gasteiger charge is -2.48. The van der Waals surface area contributed by atoms with Gasteiger partial charge < -0.3 is 15.6 Å². The lowest BCUT2D eigenvalue weighted by molar-refractivity contribution is -0.148. The molecular formula is C11H14N6O4S2. The van der Waals surface area contributed by atoms with Crippen LogP contribution in [-0.2, 0) is 14.3 Å². The average Bonchev–Trinajstić information content (AvgIpc) is 3.05. The fourth-order valence-corrected chi connectivity index (χ4v) is 4.93. The molecule has 0 aliphatic carbocycles. The van der Waals surface area contributed by atoms with Crippen LogP contribution in [0.2, 0.25) is 0 Å². The normalized spacial score (nSPS) is 25.1. The van der Waals surface area contributed by atoms with E-state index in [1.54, 1.807) is 0 Å². The van der Waals surface area contributed by atoms with Crippen molar-refractivity contribution in [1.82, 2.24) is 25.5 Å². The highest BCUT2D eigenvalue weighted by Gasteiger charge is 2.52. The summed E-state index contributed by atoms with van der Waals surface area (Å²) in [5.74, 6) is -1.08. The molecule has 3 unspecified atom stereocenters. The van der Waals surface area contributed by atoms with Crippen molar-refractivity contribution in [3.8, 4) is 0 Å². The van der Waals surface area contributed by atoms with E-state index < -0.39 is 12.0 Å². The van der Waals surface area contributed by atoms with Crippen molar-refractivity contribution < 1.29 is 19.4 Å². The number of carbonyl (C=O) groups excluding carboxylic acids is 1. The van der Waals surface area contributed by atoms with E-state index in [4.69, 9.17) is 10.5 Å². The number of aliphatic carboxylic acids is 1. The molecule has 0 saturated carbocycles. The predicted molar refractivity (Wildman–Crippen MR) is 81.4 cm³/mol. The average molecular weight is 358 g/mol. The Morgan fingerprint density at radius 2 is 2.48 bits per heavy atom. The number of carboxylic acids is 1. The van der Waals surface area contributed by atoms with Crippen LogP contribution in [0.4, 0.5) is 0 Å². The third-order valence-electron chi connectivity index (χ3n) is 3.52. The first-order valence-electron chi connectivity index (χ1n) is 6.60. The van der Waals surface area contributed by atoms with Crippen LogP contribution in [0, 0.1) is 0 Å². The van der Waals surface area contributed by atoms with Gasteiger partial charge in [-0.1, -0.05) is 11.8 Å². The number of nitrogens with zero attached hydrogens (tertiary/aromatic N) is 4. The van der Waals surface area contributed by atoms with Gasteiger partial charge in [0, 0.05) is 12.9 Å². The summed E-state index contributed by atoms with van der Waals surface area (Å²) in [6, 6.07) is -0.651. The SMILES string of the molecule is COCC(Sc1nn[nH]n1)C1=C(C(=O)O)N2C(=O)C(N)C2SC1. The molecule has 1 amide bonds. The zero-order chi connectivity index (χ0) is 16.6. The molecule has 0 aromatic carbocycles. The summed E-state index contributed by atoms with van der Waals surface area (Å²) >= 11 is 2.68. The maximum atomic E-state index is 12.0. The Hall–Kier alpha value is -1.63. The molecule has 1 aromatic heterocycles. The number of carbonyl (C=O) groups is 2. The van der Waals surface area contributed by atoms with E-state index in [1.807, 2.05) is 0 Å². The van der Waals surface area contributed by atoms with Crippen molar-refractivity contribution in [1.29, 1.82) is 0 Å². The van der Waals surface area contributed by atoms with Crippen molar-refractivity contribution in [2.75, 3.05) is 19.5 Å². The number of β-lactam (4-membered cyclic amide) rings is 1. The summed E-state index contributed by atoms with van der Waals surface area (Å²) in [5.41, 5.74) is 6.32. The van der Waals surface area contributed by atoms with Crippen LogP contribution in [0.3, 0.4) is 0 Å². The number of nitrogens with one attached hydrogen (secondary N) is 1. The minimum absolute atomic E-state index is 0.0153. The highest BCUT2D eigenvalue weighted by atomic mass is 32.2. The van der Waals surface area contributed by atoms with Crippen molar-refractivity contribution in [3.63, 3.8) is 0 Å². The fraction of sp³-hybridized carbons (Fsp3) is 0.545. The van der Waals surface area contributed by atoms with E-state index in [2.05, 4.69) is 20.6 Å². The summed E-state index contributed by atoms with van der Waals surface area (Å²) in [4.78, 5) is 24.9. The molecule has 4 N–H and O–H groups in total. The number of aromatic nitrogens is 4. The Labute approximate surface area is 139 Å². The van der Waals surface area contributed by atoms with Gasteiger partial charge in [-0.25, -0.2) is 4.79 Å². The minimum Gasteiger partial charge on any atom is -0.477 e. The van der Waals surface area contributed by atoms with E-state index in [0.29, 0.717) is 16.5 Å². The second-order valence-electron chi connectivity index (χ2n) is 4.87. The summed E-state index contributed by atoms with van der Waals surface area (Å²) in [6.07, 6.45) is 0. The quantitative estimate of drug-likeness (QED) is 0.422. The molecule has 2 aliphatic rings. The van der Waals surface area contributed by atoms with Crippen LogP contribution >= 0.6 is 23.5 Å². The van der Waals surface area contributed by atoms with Crippen LogP contribution in [0.1, 0.15) is 0 Å². The molecule has 124 valence electrons. The maximum absolute atomic E-state index is 12.0. The van der Waals surface area contributed by atoms with Crippen molar-refractivity contribution in [2.45, 2.75) is 21.8 Å². The zero-order valence-electron chi connectivity index (χ0n) is 12.0. The maximum Gasteiger partial charge on any atom is 0.352 e. The number of rotatable bonds is 6. The highest BCUT2D eigenvalue weighted by molar-refractivity contribution is 8.01. The van der Waals surface area contributed by atoms with Crippen LogP contribution in [0.25, 0.3) is 0 Å². The molecule has 3 rings (SSSR count). The summed E-state index contributed by atoms with van der Waals surface area (Å²) in [7, 11) is 1.52. The second kappa shape index (κ2) is 6.47. The smallest absolute Gasteiger partial charge is 0.352 e.